The van der Waals surface area contributed by atoms with Crippen LogP contribution in [-0.4, -0.2) is 149 Å². The number of fused-ring (bicyclic) bond motifs is 1. The van der Waals surface area contributed by atoms with Crippen LogP contribution >= 0.6 is 0 Å². The Morgan fingerprint density at radius 1 is 0.443 bits per heavy atom. The van der Waals surface area contributed by atoms with Gasteiger partial charge < -0.3 is 48.1 Å². The molecule has 1 N–H and O–H groups in total. The van der Waals surface area contributed by atoms with Crippen molar-refractivity contribution in [3.8, 4) is 0 Å². The van der Waals surface area contributed by atoms with Gasteiger partial charge in [-0.05, 0) is 86.0 Å². The summed E-state index contributed by atoms with van der Waals surface area (Å²) in [7, 11) is 5.50. The minimum absolute atomic E-state index is 0.0587. The van der Waals surface area contributed by atoms with Gasteiger partial charge in [0.2, 0.25) is 0 Å². The van der Waals surface area contributed by atoms with E-state index < -0.39 is 102 Å². The van der Waals surface area contributed by atoms with Crippen LogP contribution in [0.4, 0.5) is 0 Å². The van der Waals surface area contributed by atoms with Gasteiger partial charge in [-0.15, -0.1) is 0 Å². The number of likely N-dealkylation sites (N-methyl/N-ethyl adjacent to an activating group) is 4. The maximum atomic E-state index is 15.0. The lowest BCUT2D eigenvalue weighted by molar-refractivity contribution is -0.176. The van der Waals surface area contributed by atoms with Crippen LogP contribution in [-0.2, 0) is 70.1 Å². The van der Waals surface area contributed by atoms with Crippen LogP contribution in [0.25, 0.3) is 11.0 Å². The first-order valence-electron chi connectivity index (χ1n) is 27.4. The number of benzene rings is 3. The number of furan rings is 1. The number of amides is 4. The van der Waals surface area contributed by atoms with Crippen LogP contribution in [0.2, 0.25) is 0 Å². The van der Waals surface area contributed by atoms with E-state index in [9.17, 15) is 38.7 Å². The highest BCUT2D eigenvalue weighted by Crippen LogP contribution is 2.31. The Bertz CT molecular complexity index is 2720. The van der Waals surface area contributed by atoms with Crippen LogP contribution in [0, 0.1) is 23.7 Å². The number of hydrogen-bond acceptors (Lipinski definition) is 14. The van der Waals surface area contributed by atoms with Gasteiger partial charge in [0.05, 0.1) is 6.26 Å². The van der Waals surface area contributed by atoms with E-state index in [-0.39, 0.29) is 62.2 Å². The number of carbonyl (C=O) groups excluding carboxylic acids is 8. The van der Waals surface area contributed by atoms with Crippen LogP contribution in [0.3, 0.4) is 0 Å². The topological polar surface area (TPSA) is 220 Å². The molecular formula is C61H82N4O14. The van der Waals surface area contributed by atoms with E-state index in [0.29, 0.717) is 27.8 Å². The van der Waals surface area contributed by atoms with Crippen LogP contribution < -0.4 is 0 Å². The summed E-state index contributed by atoms with van der Waals surface area (Å²) in [5, 5.41) is 12.2. The van der Waals surface area contributed by atoms with E-state index in [1.165, 1.54) is 48.3 Å². The Balaban J connectivity index is 1.60. The molecule has 0 saturated carbocycles. The highest BCUT2D eigenvalue weighted by atomic mass is 16.6. The molecule has 18 heteroatoms. The molecule has 5 rings (SSSR count). The summed E-state index contributed by atoms with van der Waals surface area (Å²) in [6, 6.07) is 17.7. The summed E-state index contributed by atoms with van der Waals surface area (Å²) in [5.74, 6) is -7.58. The SMILES string of the molecule is CC(C)C[C@H]1C(=O)O[C@H](Cc2ccc(C(O)c3coc4ccccc34)cc2)C(=O)N(C)[C@@H](CC(C)C)C(=O)O[C@H](C)C(=O)N(C)[C@@H](CC(C)C)C(=O)O[C@H](Cc2ccccc2)C(=O)N(C)[C@@H](CC(C)C)C(=O)O[C@H](C)C(=O)N1C. The lowest BCUT2D eigenvalue weighted by Crippen LogP contribution is -2.55. The lowest BCUT2D eigenvalue weighted by atomic mass is 9.97. The van der Waals surface area contributed by atoms with Crippen molar-refractivity contribution in [1.29, 1.82) is 0 Å². The van der Waals surface area contributed by atoms with Gasteiger partial charge in [0.1, 0.15) is 35.9 Å². The second-order valence-corrected chi connectivity index (χ2v) is 22.6. The molecule has 0 spiro atoms. The van der Waals surface area contributed by atoms with Crippen molar-refractivity contribution in [2.24, 2.45) is 23.7 Å². The first kappa shape index (κ1) is 62.8. The Morgan fingerprint density at radius 2 is 0.785 bits per heavy atom. The zero-order valence-corrected chi connectivity index (χ0v) is 48.4. The molecule has 1 aliphatic rings. The smallest absolute Gasteiger partial charge is 0.329 e. The molecule has 4 aromatic rings. The third kappa shape index (κ3) is 16.5. The van der Waals surface area contributed by atoms with Gasteiger partial charge in [-0.25, -0.2) is 19.2 Å². The average molecular weight is 1100 g/mol. The third-order valence-corrected chi connectivity index (χ3v) is 14.3. The van der Waals surface area contributed by atoms with Crippen molar-refractivity contribution in [2.45, 2.75) is 162 Å². The maximum absolute atomic E-state index is 15.0. The lowest BCUT2D eigenvalue weighted by Gasteiger charge is -2.35. The van der Waals surface area contributed by atoms with Gasteiger partial charge in [-0.3, -0.25) is 19.2 Å². The molecule has 1 fully saturated rings. The molecule has 1 unspecified atom stereocenters. The van der Waals surface area contributed by atoms with Crippen LogP contribution in [0.1, 0.15) is 123 Å². The van der Waals surface area contributed by atoms with Crippen LogP contribution in [0.5, 0.6) is 0 Å². The van der Waals surface area contributed by atoms with E-state index in [0.717, 1.165) is 25.0 Å². The molecule has 3 aromatic carbocycles. The van der Waals surface area contributed by atoms with Crippen molar-refractivity contribution in [1.82, 2.24) is 19.6 Å². The zero-order chi connectivity index (χ0) is 58.6. The van der Waals surface area contributed by atoms with Gasteiger partial charge in [0, 0.05) is 52.0 Å². The summed E-state index contributed by atoms with van der Waals surface area (Å²) in [5.41, 5.74) is 2.81. The van der Waals surface area contributed by atoms with Crippen molar-refractivity contribution in [2.75, 3.05) is 28.2 Å². The van der Waals surface area contributed by atoms with Gasteiger partial charge >= 0.3 is 23.9 Å². The number of cyclic esters (lactones) is 4. The van der Waals surface area contributed by atoms with E-state index in [4.69, 9.17) is 23.4 Å². The number of para-hydroxylation sites is 1. The zero-order valence-electron chi connectivity index (χ0n) is 48.4. The fraction of sp³-hybridized carbons (Fsp3) is 0.541. The van der Waals surface area contributed by atoms with Gasteiger partial charge in [-0.1, -0.05) is 128 Å². The van der Waals surface area contributed by atoms with E-state index in [2.05, 4.69) is 0 Å². The molecule has 9 atom stereocenters. The number of hydrogen-bond donors (Lipinski definition) is 1. The molecule has 2 heterocycles. The highest BCUT2D eigenvalue weighted by molar-refractivity contribution is 5.94. The predicted molar refractivity (Wildman–Crippen MR) is 295 cm³/mol. The highest BCUT2D eigenvalue weighted by Gasteiger charge is 2.43. The van der Waals surface area contributed by atoms with Crippen molar-refractivity contribution < 1.29 is 66.8 Å². The molecule has 0 radical (unpaired) electrons. The molecule has 1 aromatic heterocycles. The van der Waals surface area contributed by atoms with Crippen molar-refractivity contribution in [3.05, 3.63) is 107 Å². The van der Waals surface area contributed by atoms with E-state index >= 15 is 4.79 Å². The second-order valence-electron chi connectivity index (χ2n) is 22.6. The Labute approximate surface area is 465 Å². The first-order chi connectivity index (χ1) is 37.2. The summed E-state index contributed by atoms with van der Waals surface area (Å²) < 4.78 is 29.7. The van der Waals surface area contributed by atoms with Crippen molar-refractivity contribution >= 4 is 58.5 Å². The Morgan fingerprint density at radius 3 is 1.18 bits per heavy atom. The van der Waals surface area contributed by atoms with E-state index in [1.807, 2.05) is 73.6 Å². The molecule has 0 bridgehead atoms. The standard InChI is InChI=1S/C61H82N4O14/c1-35(2)28-46-58(71)76-40(10)55(68)63(12)49(31-38(7)8)61(74)79-52(33-42-24-26-43(27-25-42)53(66)45-34-75-50-23-19-18-22-44(45)50)57(70)65(14)47(29-36(3)4)59(72)77-39(9)54(67)62(11)48(30-37(5)6)60(73)78-51(56(69)64(46)13)32-41-20-16-15-17-21-41/h15-27,34-40,46-49,51-53,66H,28-33H2,1-14H3/t39-,40-,46+,47+,48+,49+,51-,52-,53?/m1/s1. The largest absolute Gasteiger partial charge is 0.464 e. The van der Waals surface area contributed by atoms with Crippen LogP contribution in [0.15, 0.2) is 89.5 Å². The number of nitrogens with zero attached hydrogens (tertiary/aromatic N) is 4. The molecule has 1 saturated heterocycles. The summed E-state index contributed by atoms with van der Waals surface area (Å²) in [6.45, 7) is 17.4. The summed E-state index contributed by atoms with van der Waals surface area (Å²) in [6.07, 6.45) is -5.69. The molecule has 1 aliphatic heterocycles. The minimum Gasteiger partial charge on any atom is -0.464 e. The summed E-state index contributed by atoms with van der Waals surface area (Å²) in [4.78, 5) is 121. The van der Waals surface area contributed by atoms with Gasteiger partial charge in [0.25, 0.3) is 23.6 Å². The quantitative estimate of drug-likeness (QED) is 0.0956. The average Bonchev–Trinajstić information content (AvgIpc) is 3.90. The maximum Gasteiger partial charge on any atom is 0.329 e. The molecule has 18 nitrogen and oxygen atoms in total. The summed E-state index contributed by atoms with van der Waals surface area (Å²) >= 11 is 0. The van der Waals surface area contributed by atoms with Crippen molar-refractivity contribution in [3.63, 3.8) is 0 Å². The number of esters is 4. The van der Waals surface area contributed by atoms with Gasteiger partial charge in [0.15, 0.2) is 24.4 Å². The monoisotopic (exact) mass is 1090 g/mol. The normalized spacial score (nSPS) is 23.8. The molecular weight excluding hydrogens is 1010 g/mol. The number of carbonyl (C=O) groups is 8. The fourth-order valence-electron chi connectivity index (χ4n) is 9.75. The molecule has 4 amide bonds. The fourth-order valence-corrected chi connectivity index (χ4v) is 9.75. The number of ether oxygens (including phenoxy) is 4. The number of rotatable bonds is 14. The third-order valence-electron chi connectivity index (χ3n) is 14.3. The number of aliphatic hydroxyl groups excluding tert-OH is 1. The Hall–Kier alpha value is -7.08. The number of aliphatic hydroxyl groups is 1. The molecule has 0 aliphatic carbocycles. The van der Waals surface area contributed by atoms with E-state index in [1.54, 1.807) is 60.7 Å². The van der Waals surface area contributed by atoms with Gasteiger partial charge in [-0.2, -0.15) is 0 Å². The molecule has 430 valence electrons. The second kappa shape index (κ2) is 28.2. The predicted octanol–water partition coefficient (Wildman–Crippen LogP) is 7.49. The first-order valence-corrected chi connectivity index (χ1v) is 27.4. The molecule has 79 heavy (non-hydrogen) atoms. The Kier molecular flexibility index (Phi) is 22.4. The minimum atomic E-state index is -1.60.